The zero-order chi connectivity index (χ0) is 21.8. The van der Waals surface area contributed by atoms with Gasteiger partial charge in [0.1, 0.15) is 12.6 Å². The molecule has 0 spiro atoms. The summed E-state index contributed by atoms with van der Waals surface area (Å²) in [7, 11) is 0. The van der Waals surface area contributed by atoms with Crippen molar-refractivity contribution in [3.05, 3.63) is 119 Å². The van der Waals surface area contributed by atoms with Gasteiger partial charge in [0, 0.05) is 28.2 Å². The topological polar surface area (TPSA) is 45.3 Å². The van der Waals surface area contributed by atoms with Gasteiger partial charge in [-0.25, -0.2) is 5.06 Å². The van der Waals surface area contributed by atoms with Crippen molar-refractivity contribution in [1.29, 1.82) is 0 Å². The highest BCUT2D eigenvalue weighted by molar-refractivity contribution is 5.93. The Morgan fingerprint density at radius 3 is 2.35 bits per heavy atom. The molecule has 0 radical (unpaired) electrons. The Bertz CT molecular complexity index is 1200. The maximum absolute atomic E-state index is 13.3. The number of nitrogens with zero attached hydrogens (tertiary/aromatic N) is 1. The Hall–Kier alpha value is -3.63. The number of rotatable bonds is 7. The highest BCUT2D eigenvalue weighted by Crippen LogP contribution is 2.35. The van der Waals surface area contributed by atoms with E-state index in [4.69, 9.17) is 4.84 Å². The lowest BCUT2D eigenvalue weighted by molar-refractivity contribution is -0.198. The summed E-state index contributed by atoms with van der Waals surface area (Å²) in [6.07, 6.45) is 1.97. The molecule has 31 heavy (non-hydrogen) atoms. The van der Waals surface area contributed by atoms with Gasteiger partial charge in [-0.2, -0.15) is 0 Å². The van der Waals surface area contributed by atoms with Gasteiger partial charge in [-0.15, -0.1) is 0 Å². The minimum absolute atomic E-state index is 0.244. The van der Waals surface area contributed by atoms with Crippen molar-refractivity contribution in [3.63, 3.8) is 0 Å². The van der Waals surface area contributed by atoms with Crippen molar-refractivity contribution in [3.8, 4) is 0 Å². The van der Waals surface area contributed by atoms with E-state index in [0.29, 0.717) is 5.57 Å². The number of hydrogen-bond donors (Lipinski definition) is 1. The molecule has 0 aliphatic heterocycles. The van der Waals surface area contributed by atoms with Gasteiger partial charge >= 0.3 is 0 Å². The van der Waals surface area contributed by atoms with Crippen LogP contribution in [0.15, 0.2) is 97.2 Å². The van der Waals surface area contributed by atoms with Crippen molar-refractivity contribution in [2.45, 2.75) is 26.5 Å². The second-order valence-corrected chi connectivity index (χ2v) is 7.73. The van der Waals surface area contributed by atoms with Crippen molar-refractivity contribution >= 4 is 16.8 Å². The maximum atomic E-state index is 13.3. The van der Waals surface area contributed by atoms with Gasteiger partial charge in [-0.05, 0) is 30.5 Å². The summed E-state index contributed by atoms with van der Waals surface area (Å²) >= 11 is 0. The number of hydrogen-bond acceptors (Lipinski definition) is 2. The predicted octanol–water partition coefficient (Wildman–Crippen LogP) is 6.10. The van der Waals surface area contributed by atoms with Crippen LogP contribution < -0.4 is 0 Å². The maximum Gasteiger partial charge on any atom is 0.273 e. The van der Waals surface area contributed by atoms with Gasteiger partial charge in [-0.3, -0.25) is 9.63 Å². The number of aromatic amines is 1. The van der Waals surface area contributed by atoms with Crippen molar-refractivity contribution < 1.29 is 9.63 Å². The number of hydroxylamine groups is 2. The number of aryl methyl sites for hydroxylation is 1. The summed E-state index contributed by atoms with van der Waals surface area (Å²) in [5.41, 5.74) is 5.57. The Labute approximate surface area is 182 Å². The molecule has 0 aliphatic rings. The molecule has 0 saturated heterocycles. The molecule has 4 nitrogen and oxygen atoms in total. The zero-order valence-electron chi connectivity index (χ0n) is 17.8. The van der Waals surface area contributed by atoms with Crippen LogP contribution in [-0.4, -0.2) is 16.0 Å². The first kappa shape index (κ1) is 20.6. The molecule has 0 fully saturated rings. The molecular weight excluding hydrogens is 384 g/mol. The lowest BCUT2D eigenvalue weighted by Gasteiger charge is -2.31. The molecule has 4 rings (SSSR count). The van der Waals surface area contributed by atoms with E-state index >= 15 is 0 Å². The molecule has 0 aliphatic carbocycles. The molecule has 1 N–H and O–H groups in total. The lowest BCUT2D eigenvalue weighted by atomic mass is 9.96. The molecule has 0 saturated carbocycles. The molecule has 1 heterocycles. The number of carbonyl (C=O) groups is 1. The number of amides is 1. The van der Waals surface area contributed by atoms with Gasteiger partial charge < -0.3 is 4.98 Å². The van der Waals surface area contributed by atoms with E-state index in [-0.39, 0.29) is 12.5 Å². The minimum Gasteiger partial charge on any atom is -0.361 e. The second kappa shape index (κ2) is 9.02. The Morgan fingerprint density at radius 1 is 1.00 bits per heavy atom. The molecular formula is C27H26N2O2. The first-order valence-electron chi connectivity index (χ1n) is 10.3. The van der Waals surface area contributed by atoms with Crippen LogP contribution >= 0.6 is 0 Å². The first-order valence-corrected chi connectivity index (χ1v) is 10.3. The summed E-state index contributed by atoms with van der Waals surface area (Å²) < 4.78 is 0. The number of fused-ring (bicyclic) bond motifs is 1. The van der Waals surface area contributed by atoms with Crippen LogP contribution in [0.1, 0.15) is 35.2 Å². The second-order valence-electron chi connectivity index (χ2n) is 7.73. The Kier molecular flexibility index (Phi) is 6.01. The molecule has 0 bridgehead atoms. The van der Waals surface area contributed by atoms with Gasteiger partial charge in [0.05, 0.1) is 0 Å². The summed E-state index contributed by atoms with van der Waals surface area (Å²) in [6.45, 7) is 7.95. The highest BCUT2D eigenvalue weighted by Gasteiger charge is 2.30. The smallest absolute Gasteiger partial charge is 0.273 e. The van der Waals surface area contributed by atoms with Gasteiger partial charge in [0.15, 0.2) is 0 Å². The number of nitrogens with one attached hydrogen (secondary N) is 1. The van der Waals surface area contributed by atoms with Crippen molar-refractivity contribution in [2.24, 2.45) is 0 Å². The van der Waals surface area contributed by atoms with Gasteiger partial charge in [0.25, 0.3) is 5.91 Å². The largest absolute Gasteiger partial charge is 0.361 e. The molecule has 1 unspecified atom stereocenters. The average Bonchev–Trinajstić information content (AvgIpc) is 3.22. The Morgan fingerprint density at radius 2 is 1.68 bits per heavy atom. The third-order valence-corrected chi connectivity index (χ3v) is 5.38. The molecule has 4 heteroatoms. The van der Waals surface area contributed by atoms with E-state index in [1.54, 1.807) is 6.92 Å². The van der Waals surface area contributed by atoms with Crippen LogP contribution in [0.2, 0.25) is 0 Å². The van der Waals surface area contributed by atoms with Crippen LogP contribution in [0.4, 0.5) is 0 Å². The van der Waals surface area contributed by atoms with Crippen molar-refractivity contribution in [1.82, 2.24) is 10.0 Å². The van der Waals surface area contributed by atoms with Crippen LogP contribution in [0.5, 0.6) is 0 Å². The monoisotopic (exact) mass is 410 g/mol. The van der Waals surface area contributed by atoms with Crippen LogP contribution in [0.3, 0.4) is 0 Å². The molecule has 1 atom stereocenters. The predicted molar refractivity (Wildman–Crippen MR) is 124 cm³/mol. The van der Waals surface area contributed by atoms with Gasteiger partial charge in [0.2, 0.25) is 0 Å². The summed E-state index contributed by atoms with van der Waals surface area (Å²) in [4.78, 5) is 22.8. The molecule has 1 aromatic heterocycles. The van der Waals surface area contributed by atoms with E-state index in [2.05, 4.69) is 30.6 Å². The fourth-order valence-corrected chi connectivity index (χ4v) is 3.79. The summed E-state index contributed by atoms with van der Waals surface area (Å²) in [6, 6.07) is 25.6. The molecule has 3 aromatic carbocycles. The van der Waals surface area contributed by atoms with Crippen molar-refractivity contribution in [2.75, 3.05) is 0 Å². The fraction of sp³-hybridized carbons (Fsp3) is 0.148. The first-order chi connectivity index (χ1) is 15.1. The average molecular weight is 411 g/mol. The zero-order valence-corrected chi connectivity index (χ0v) is 17.8. The highest BCUT2D eigenvalue weighted by atomic mass is 16.7. The van der Waals surface area contributed by atoms with E-state index in [9.17, 15) is 4.79 Å². The number of H-pyrrole nitrogens is 1. The number of carbonyl (C=O) groups excluding carboxylic acids is 1. The molecule has 1 amide bonds. The minimum atomic E-state index is -0.426. The molecule has 156 valence electrons. The van der Waals surface area contributed by atoms with Gasteiger partial charge in [-0.1, -0.05) is 85.4 Å². The quantitative estimate of drug-likeness (QED) is 0.295. The summed E-state index contributed by atoms with van der Waals surface area (Å²) in [5, 5.41) is 2.53. The van der Waals surface area contributed by atoms with E-state index in [1.165, 1.54) is 5.06 Å². The molecule has 4 aromatic rings. The van der Waals surface area contributed by atoms with E-state index in [0.717, 1.165) is 33.2 Å². The van der Waals surface area contributed by atoms with Crippen LogP contribution in [0, 0.1) is 6.92 Å². The standard InChI is InChI=1S/C27H26N2O2/c1-19(2)27(30)29(31-18-21-12-6-4-7-13-21)26(22-14-8-5-9-15-22)24-17-28-25-20(3)11-10-16-23(24)25/h4-17,26,28H,1,18H2,2-3H3. The van der Waals surface area contributed by atoms with E-state index < -0.39 is 6.04 Å². The van der Waals surface area contributed by atoms with Crippen LogP contribution in [0.25, 0.3) is 10.9 Å². The third kappa shape index (κ3) is 4.30. The third-order valence-electron chi connectivity index (χ3n) is 5.38. The summed E-state index contributed by atoms with van der Waals surface area (Å²) in [5.74, 6) is -0.244. The number of aromatic nitrogens is 1. The Balaban J connectivity index is 1.83. The van der Waals surface area contributed by atoms with E-state index in [1.807, 2.05) is 72.9 Å². The fourth-order valence-electron chi connectivity index (χ4n) is 3.79. The SMILES string of the molecule is C=C(C)C(=O)N(OCc1ccccc1)C(c1ccccc1)c1c[nH]c2c(C)cccc12. The number of para-hydroxylation sites is 1. The lowest BCUT2D eigenvalue weighted by Crippen LogP contribution is -2.36. The number of benzene rings is 3. The normalized spacial score (nSPS) is 11.9. The van der Waals surface area contributed by atoms with Crippen LogP contribution in [-0.2, 0) is 16.2 Å².